The first-order chi connectivity index (χ1) is 14.0. The Hall–Kier alpha value is -0.690. The van der Waals surface area contributed by atoms with E-state index in [2.05, 4.69) is 20.8 Å². The molecule has 172 valence electrons. The predicted octanol–water partition coefficient (Wildman–Crippen LogP) is 2.42. The van der Waals surface area contributed by atoms with Crippen LogP contribution in [-0.4, -0.2) is 55.9 Å². The zero-order valence-corrected chi connectivity index (χ0v) is 18.6. The molecule has 0 bridgehead atoms. The van der Waals surface area contributed by atoms with E-state index in [0.29, 0.717) is 25.7 Å². The van der Waals surface area contributed by atoms with Crippen molar-refractivity contribution in [2.24, 2.45) is 46.3 Å². The molecule has 4 saturated carbocycles. The molecule has 4 aliphatic carbocycles. The standard InChI is InChI=1S/C24H40O6/c1-12(4-7-19(27)28)14-5-6-15-20-16(11-18(26)24(14,15)3)23(2)9-8-13(25)10-17(23)21(29)22(20)30/h12-18,20-22,25-26,29-30H,4-11H2,1-3H3,(H,27,28)/t12-,13-,14-,15+,16+,17?,18+,20+,21-,22+,23-,24-/m1/s1. The number of hydrogen-bond donors (Lipinski definition) is 5. The van der Waals surface area contributed by atoms with Crippen LogP contribution in [-0.2, 0) is 4.79 Å². The van der Waals surface area contributed by atoms with Crippen LogP contribution in [0.3, 0.4) is 0 Å². The fraction of sp³-hybridized carbons (Fsp3) is 0.958. The van der Waals surface area contributed by atoms with Crippen molar-refractivity contribution >= 4 is 5.97 Å². The summed E-state index contributed by atoms with van der Waals surface area (Å²) in [5.41, 5.74) is -0.547. The van der Waals surface area contributed by atoms with Gasteiger partial charge in [-0.1, -0.05) is 20.8 Å². The number of rotatable bonds is 4. The average molecular weight is 425 g/mol. The zero-order chi connectivity index (χ0) is 22.0. The van der Waals surface area contributed by atoms with E-state index in [4.69, 9.17) is 5.11 Å². The van der Waals surface area contributed by atoms with Crippen molar-refractivity contribution in [1.29, 1.82) is 0 Å². The SMILES string of the molecule is C[C@H](CCC(=O)O)[C@H]1CC[C@H]2[C@@H]3[C@H](O)[C@H](O)C4C[C@H](O)CC[C@]4(C)[C@H]3C[C@H](O)[C@]12C. The Bertz CT molecular complexity index is 668. The third-order valence-corrected chi connectivity index (χ3v) is 10.4. The van der Waals surface area contributed by atoms with Crippen molar-refractivity contribution in [2.45, 2.75) is 96.6 Å². The summed E-state index contributed by atoms with van der Waals surface area (Å²) in [5.74, 6) is -0.299. The minimum atomic E-state index is -0.839. The Morgan fingerprint density at radius 2 is 1.67 bits per heavy atom. The molecule has 5 N–H and O–H groups in total. The summed E-state index contributed by atoms with van der Waals surface area (Å²) in [6.45, 7) is 6.45. The zero-order valence-electron chi connectivity index (χ0n) is 18.6. The Labute approximate surface area is 179 Å². The summed E-state index contributed by atoms with van der Waals surface area (Å²) in [6.07, 6.45) is 2.67. The largest absolute Gasteiger partial charge is 0.481 e. The van der Waals surface area contributed by atoms with E-state index in [-0.39, 0.29) is 52.8 Å². The molecule has 6 heteroatoms. The van der Waals surface area contributed by atoms with Gasteiger partial charge in [0, 0.05) is 6.42 Å². The van der Waals surface area contributed by atoms with Crippen LogP contribution in [0.1, 0.15) is 72.1 Å². The third kappa shape index (κ3) is 3.16. The van der Waals surface area contributed by atoms with E-state index in [1.165, 1.54) is 0 Å². The van der Waals surface area contributed by atoms with Gasteiger partial charge in [-0.15, -0.1) is 0 Å². The highest BCUT2D eigenvalue weighted by atomic mass is 16.4. The maximum atomic E-state index is 11.5. The van der Waals surface area contributed by atoms with Gasteiger partial charge in [0.2, 0.25) is 0 Å². The number of carboxylic acid groups (broad SMARTS) is 1. The fourth-order valence-electron chi connectivity index (χ4n) is 8.72. The van der Waals surface area contributed by atoms with Crippen molar-refractivity contribution < 1.29 is 30.3 Å². The molecule has 4 fully saturated rings. The maximum absolute atomic E-state index is 11.5. The normalized spacial score (nSPS) is 54.0. The van der Waals surface area contributed by atoms with Gasteiger partial charge in [-0.2, -0.15) is 0 Å². The molecule has 0 spiro atoms. The number of hydrogen-bond acceptors (Lipinski definition) is 5. The van der Waals surface area contributed by atoms with Gasteiger partial charge in [-0.3, -0.25) is 4.79 Å². The molecule has 0 aromatic heterocycles. The van der Waals surface area contributed by atoms with Crippen molar-refractivity contribution in [3.8, 4) is 0 Å². The Kier molecular flexibility index (Phi) is 5.79. The summed E-state index contributed by atoms with van der Waals surface area (Å²) in [4.78, 5) is 11.1. The lowest BCUT2D eigenvalue weighted by atomic mass is 9.42. The van der Waals surface area contributed by atoms with E-state index in [1.807, 2.05) is 0 Å². The van der Waals surface area contributed by atoms with E-state index in [9.17, 15) is 25.2 Å². The molecule has 4 rings (SSSR count). The van der Waals surface area contributed by atoms with Gasteiger partial charge in [0.15, 0.2) is 0 Å². The number of carboxylic acids is 1. The van der Waals surface area contributed by atoms with Crippen LogP contribution in [0, 0.1) is 46.3 Å². The number of aliphatic hydroxyl groups is 4. The first-order valence-electron chi connectivity index (χ1n) is 12.0. The van der Waals surface area contributed by atoms with E-state index in [1.54, 1.807) is 0 Å². The van der Waals surface area contributed by atoms with Crippen LogP contribution in [0.2, 0.25) is 0 Å². The molecule has 30 heavy (non-hydrogen) atoms. The lowest BCUT2D eigenvalue weighted by Gasteiger charge is -2.64. The summed E-state index contributed by atoms with van der Waals surface area (Å²) < 4.78 is 0. The molecule has 0 amide bonds. The Balaban J connectivity index is 1.64. The molecule has 0 aromatic carbocycles. The molecule has 0 aromatic rings. The highest BCUT2D eigenvalue weighted by Crippen LogP contribution is 2.68. The van der Waals surface area contributed by atoms with Crippen LogP contribution in [0.5, 0.6) is 0 Å². The number of carbonyl (C=O) groups is 1. The van der Waals surface area contributed by atoms with Crippen molar-refractivity contribution in [2.75, 3.05) is 0 Å². The summed E-state index contributed by atoms with van der Waals surface area (Å²) in [7, 11) is 0. The quantitative estimate of drug-likeness (QED) is 0.473. The number of aliphatic hydroxyl groups excluding tert-OH is 4. The number of aliphatic carboxylic acids is 1. The van der Waals surface area contributed by atoms with Crippen LogP contribution < -0.4 is 0 Å². The van der Waals surface area contributed by atoms with Crippen LogP contribution in [0.25, 0.3) is 0 Å². The van der Waals surface area contributed by atoms with Crippen LogP contribution in [0.4, 0.5) is 0 Å². The van der Waals surface area contributed by atoms with Gasteiger partial charge < -0.3 is 25.5 Å². The Morgan fingerprint density at radius 3 is 2.33 bits per heavy atom. The summed E-state index contributed by atoms with van der Waals surface area (Å²) in [6, 6.07) is 0. The molecule has 12 atom stereocenters. The molecule has 0 saturated heterocycles. The minimum Gasteiger partial charge on any atom is -0.481 e. The van der Waals surface area contributed by atoms with Crippen molar-refractivity contribution in [3.05, 3.63) is 0 Å². The first kappa shape index (κ1) is 22.5. The van der Waals surface area contributed by atoms with Crippen molar-refractivity contribution in [3.63, 3.8) is 0 Å². The molecule has 1 unspecified atom stereocenters. The fourth-order valence-corrected chi connectivity index (χ4v) is 8.72. The summed E-state index contributed by atoms with van der Waals surface area (Å²) in [5, 5.41) is 53.1. The molecule has 6 nitrogen and oxygen atoms in total. The molecule has 0 radical (unpaired) electrons. The average Bonchev–Trinajstić information content (AvgIpc) is 3.05. The van der Waals surface area contributed by atoms with Gasteiger partial charge in [-0.05, 0) is 91.3 Å². The third-order valence-electron chi connectivity index (χ3n) is 10.4. The monoisotopic (exact) mass is 424 g/mol. The van der Waals surface area contributed by atoms with Crippen LogP contribution >= 0.6 is 0 Å². The lowest BCUT2D eigenvalue weighted by molar-refractivity contribution is -0.243. The van der Waals surface area contributed by atoms with Crippen molar-refractivity contribution in [1.82, 2.24) is 0 Å². The Morgan fingerprint density at radius 1 is 0.967 bits per heavy atom. The second-order valence-electron chi connectivity index (χ2n) is 11.5. The van der Waals surface area contributed by atoms with Crippen LogP contribution in [0.15, 0.2) is 0 Å². The molecule has 4 aliphatic rings. The molecular weight excluding hydrogens is 384 g/mol. The van der Waals surface area contributed by atoms with Gasteiger partial charge >= 0.3 is 5.97 Å². The second-order valence-corrected chi connectivity index (χ2v) is 11.5. The molecular formula is C24H40O6. The van der Waals surface area contributed by atoms with Gasteiger partial charge in [0.05, 0.1) is 24.4 Å². The maximum Gasteiger partial charge on any atom is 0.303 e. The first-order valence-corrected chi connectivity index (χ1v) is 12.0. The van der Waals surface area contributed by atoms with Gasteiger partial charge in [-0.25, -0.2) is 0 Å². The molecule has 0 aliphatic heterocycles. The smallest absolute Gasteiger partial charge is 0.303 e. The van der Waals surface area contributed by atoms with E-state index in [0.717, 1.165) is 19.3 Å². The number of fused-ring (bicyclic) bond motifs is 5. The highest BCUT2D eigenvalue weighted by molar-refractivity contribution is 5.66. The second kappa shape index (κ2) is 7.72. The minimum absolute atomic E-state index is 0.0541. The molecule has 0 heterocycles. The topological polar surface area (TPSA) is 118 Å². The van der Waals surface area contributed by atoms with E-state index >= 15 is 0 Å². The summed E-state index contributed by atoms with van der Waals surface area (Å²) >= 11 is 0. The van der Waals surface area contributed by atoms with Gasteiger partial charge in [0.1, 0.15) is 0 Å². The lowest BCUT2D eigenvalue weighted by Crippen LogP contribution is -2.66. The highest BCUT2D eigenvalue weighted by Gasteiger charge is 2.67. The predicted molar refractivity (Wildman–Crippen MR) is 111 cm³/mol. The van der Waals surface area contributed by atoms with E-state index < -0.39 is 30.4 Å². The van der Waals surface area contributed by atoms with Gasteiger partial charge in [0.25, 0.3) is 0 Å².